The third kappa shape index (κ3) is 5.09. The molecule has 26 heavy (non-hydrogen) atoms. The minimum absolute atomic E-state index is 0.730. The van der Waals surface area contributed by atoms with Crippen LogP contribution in [0.2, 0.25) is 0 Å². The third-order valence-electron chi connectivity index (χ3n) is 3.64. The molecule has 0 aliphatic rings. The fourth-order valence-corrected chi connectivity index (χ4v) is 3.25. The summed E-state index contributed by atoms with van der Waals surface area (Å²) >= 11 is 4.61. The Labute approximate surface area is 181 Å². The highest BCUT2D eigenvalue weighted by Gasteiger charge is 1.98. The summed E-state index contributed by atoms with van der Waals surface area (Å²) in [4.78, 5) is 4.55. The maximum atomic E-state index is 4.55. The first-order chi connectivity index (χ1) is 12.5. The van der Waals surface area contributed by atoms with Gasteiger partial charge in [0.25, 0.3) is 0 Å². The molecule has 0 saturated heterocycles. The summed E-state index contributed by atoms with van der Waals surface area (Å²) in [5.41, 5.74) is 5.92. The molecule has 1 nitrogen and oxygen atoms in total. The van der Waals surface area contributed by atoms with E-state index >= 15 is 0 Å². The van der Waals surface area contributed by atoms with Gasteiger partial charge < -0.3 is 0 Å². The van der Waals surface area contributed by atoms with E-state index < -0.39 is 0 Å². The number of nitrogens with zero attached hydrogens (tertiary/aromatic N) is 1. The van der Waals surface area contributed by atoms with E-state index in [1.165, 1.54) is 11.1 Å². The lowest BCUT2D eigenvalue weighted by molar-refractivity contribution is 1.25. The Morgan fingerprint density at radius 3 is 1.58 bits per heavy atom. The quantitative estimate of drug-likeness (QED) is 0.254. The number of benzene rings is 2. The first-order valence-electron chi connectivity index (χ1n) is 8.05. The van der Waals surface area contributed by atoms with E-state index in [4.69, 9.17) is 0 Å². The molecule has 0 unspecified atom stereocenters. The summed E-state index contributed by atoms with van der Waals surface area (Å²) in [7, 11) is 0. The number of aromatic nitrogens is 1. The molecule has 1 heterocycles. The van der Waals surface area contributed by atoms with Crippen molar-refractivity contribution in [2.75, 3.05) is 0 Å². The van der Waals surface area contributed by atoms with Crippen molar-refractivity contribution in [1.29, 1.82) is 0 Å². The summed E-state index contributed by atoms with van der Waals surface area (Å²) in [6, 6.07) is 18.3. The standard InChI is InChI=1S/C23H15I2N/c1-16-6-12-22(24)18(14-16)8-10-20-4-3-5-21(26-20)11-9-19-15-17(2)7-13-23(19)25/h3-7,12-15H,1-2H3. The van der Waals surface area contributed by atoms with E-state index in [-0.39, 0.29) is 0 Å². The Bertz CT molecular complexity index is 1010. The molecule has 1 aromatic heterocycles. The largest absolute Gasteiger partial charge is 0.231 e. The SMILES string of the molecule is Cc1ccc(I)c(C#Cc2cccc(C#Cc3cc(C)ccc3I)n2)c1. The normalized spacial score (nSPS) is 9.69. The number of halogens is 2. The Hall–Kier alpha value is -1.83. The van der Waals surface area contributed by atoms with E-state index in [1.54, 1.807) is 0 Å². The van der Waals surface area contributed by atoms with Crippen molar-refractivity contribution in [1.82, 2.24) is 4.98 Å². The Balaban J connectivity index is 1.89. The van der Waals surface area contributed by atoms with Crippen LogP contribution in [0.1, 0.15) is 33.6 Å². The van der Waals surface area contributed by atoms with Gasteiger partial charge >= 0.3 is 0 Å². The van der Waals surface area contributed by atoms with Crippen LogP contribution in [0.15, 0.2) is 54.6 Å². The zero-order chi connectivity index (χ0) is 18.5. The topological polar surface area (TPSA) is 12.9 Å². The van der Waals surface area contributed by atoms with Crippen molar-refractivity contribution in [2.24, 2.45) is 0 Å². The lowest BCUT2D eigenvalue weighted by Gasteiger charge is -1.98. The second-order valence-electron chi connectivity index (χ2n) is 5.87. The van der Waals surface area contributed by atoms with E-state index in [1.807, 2.05) is 18.2 Å². The molecule has 0 radical (unpaired) electrons. The van der Waals surface area contributed by atoms with Crippen molar-refractivity contribution in [3.63, 3.8) is 0 Å². The van der Waals surface area contributed by atoms with Gasteiger partial charge in [0, 0.05) is 18.3 Å². The number of hydrogen-bond acceptors (Lipinski definition) is 1. The number of aryl methyl sites for hydroxylation is 2. The van der Waals surface area contributed by atoms with Gasteiger partial charge in [0.1, 0.15) is 11.4 Å². The first kappa shape index (κ1) is 18.9. The van der Waals surface area contributed by atoms with Gasteiger partial charge in [-0.15, -0.1) is 0 Å². The number of pyridine rings is 1. The van der Waals surface area contributed by atoms with Gasteiger partial charge in [-0.2, -0.15) is 0 Å². The van der Waals surface area contributed by atoms with Crippen LogP contribution in [0.5, 0.6) is 0 Å². The van der Waals surface area contributed by atoms with Crippen LogP contribution in [-0.4, -0.2) is 4.98 Å². The Morgan fingerprint density at radius 2 is 1.12 bits per heavy atom. The van der Waals surface area contributed by atoms with Crippen molar-refractivity contribution < 1.29 is 0 Å². The zero-order valence-electron chi connectivity index (χ0n) is 14.4. The van der Waals surface area contributed by atoms with Crippen LogP contribution in [0.4, 0.5) is 0 Å². The average molecular weight is 559 g/mol. The molecule has 0 N–H and O–H groups in total. The van der Waals surface area contributed by atoms with E-state index in [2.05, 4.69) is 124 Å². The molecule has 2 aromatic carbocycles. The fraction of sp³-hybridized carbons (Fsp3) is 0.0870. The monoisotopic (exact) mass is 559 g/mol. The molecular formula is C23H15I2N. The van der Waals surface area contributed by atoms with Gasteiger partial charge in [-0.05, 0) is 118 Å². The van der Waals surface area contributed by atoms with E-state index in [0.717, 1.165) is 29.7 Å². The molecule has 126 valence electrons. The summed E-state index contributed by atoms with van der Waals surface area (Å²) in [6.07, 6.45) is 0. The smallest absolute Gasteiger partial charge is 0.115 e. The molecular weight excluding hydrogens is 544 g/mol. The Kier molecular flexibility index (Phi) is 6.34. The Morgan fingerprint density at radius 1 is 0.654 bits per heavy atom. The maximum Gasteiger partial charge on any atom is 0.115 e. The predicted octanol–water partition coefficient (Wildman–Crippen LogP) is 5.71. The molecule has 0 fully saturated rings. The van der Waals surface area contributed by atoms with Crippen LogP contribution in [0.25, 0.3) is 0 Å². The summed E-state index contributed by atoms with van der Waals surface area (Å²) < 4.78 is 2.29. The van der Waals surface area contributed by atoms with Crippen LogP contribution in [-0.2, 0) is 0 Å². The minimum Gasteiger partial charge on any atom is -0.231 e. The van der Waals surface area contributed by atoms with Gasteiger partial charge in [-0.25, -0.2) is 4.98 Å². The van der Waals surface area contributed by atoms with Gasteiger partial charge in [-0.3, -0.25) is 0 Å². The van der Waals surface area contributed by atoms with Crippen molar-refractivity contribution in [3.05, 3.63) is 95.4 Å². The van der Waals surface area contributed by atoms with Crippen LogP contribution in [0.3, 0.4) is 0 Å². The molecule has 3 rings (SSSR count). The number of hydrogen-bond donors (Lipinski definition) is 0. The molecule has 0 atom stereocenters. The van der Waals surface area contributed by atoms with Gasteiger partial charge in [0.05, 0.1) is 0 Å². The predicted molar refractivity (Wildman–Crippen MR) is 124 cm³/mol. The van der Waals surface area contributed by atoms with Crippen molar-refractivity contribution >= 4 is 45.2 Å². The lowest BCUT2D eigenvalue weighted by atomic mass is 10.1. The highest BCUT2D eigenvalue weighted by atomic mass is 127. The first-order valence-corrected chi connectivity index (χ1v) is 10.2. The fourth-order valence-electron chi connectivity index (χ4n) is 2.31. The minimum atomic E-state index is 0.730. The zero-order valence-corrected chi connectivity index (χ0v) is 18.7. The van der Waals surface area contributed by atoms with E-state index in [9.17, 15) is 0 Å². The van der Waals surface area contributed by atoms with Crippen LogP contribution < -0.4 is 0 Å². The third-order valence-corrected chi connectivity index (χ3v) is 5.52. The van der Waals surface area contributed by atoms with Gasteiger partial charge in [0.2, 0.25) is 0 Å². The van der Waals surface area contributed by atoms with E-state index in [0.29, 0.717) is 0 Å². The molecule has 0 amide bonds. The molecule has 0 spiro atoms. The van der Waals surface area contributed by atoms with Gasteiger partial charge in [0.15, 0.2) is 0 Å². The molecule has 0 aliphatic heterocycles. The second-order valence-corrected chi connectivity index (χ2v) is 8.20. The molecule has 3 aromatic rings. The number of rotatable bonds is 0. The molecule has 0 saturated carbocycles. The van der Waals surface area contributed by atoms with Crippen molar-refractivity contribution in [3.8, 4) is 23.7 Å². The highest BCUT2D eigenvalue weighted by molar-refractivity contribution is 14.1. The molecule has 0 aliphatic carbocycles. The average Bonchev–Trinajstić information content (AvgIpc) is 2.63. The van der Waals surface area contributed by atoms with Gasteiger partial charge in [-0.1, -0.05) is 30.0 Å². The van der Waals surface area contributed by atoms with Crippen molar-refractivity contribution in [2.45, 2.75) is 13.8 Å². The maximum absolute atomic E-state index is 4.55. The van der Waals surface area contributed by atoms with Crippen LogP contribution >= 0.6 is 45.2 Å². The summed E-state index contributed by atoms with van der Waals surface area (Å²) in [5, 5.41) is 0. The highest BCUT2D eigenvalue weighted by Crippen LogP contribution is 2.14. The lowest BCUT2D eigenvalue weighted by Crippen LogP contribution is -1.89. The van der Waals surface area contributed by atoms with Crippen LogP contribution in [0, 0.1) is 44.7 Å². The second kappa shape index (κ2) is 8.70. The summed E-state index contributed by atoms with van der Waals surface area (Å²) in [5.74, 6) is 12.7. The molecule has 0 bridgehead atoms. The molecule has 3 heteroatoms. The summed E-state index contributed by atoms with van der Waals surface area (Å²) in [6.45, 7) is 4.14.